The third-order valence-electron chi connectivity index (χ3n) is 5.70. The third kappa shape index (κ3) is 1.41. The van der Waals surface area contributed by atoms with E-state index in [1.54, 1.807) is 0 Å². The number of rotatable bonds is 1. The van der Waals surface area contributed by atoms with Gasteiger partial charge < -0.3 is 10.2 Å². The highest BCUT2D eigenvalue weighted by Crippen LogP contribution is 2.69. The summed E-state index contributed by atoms with van der Waals surface area (Å²) in [7, 11) is 0. The molecule has 1 N–H and O–H groups in total. The zero-order chi connectivity index (χ0) is 11.6. The minimum atomic E-state index is 0.437. The van der Waals surface area contributed by atoms with Gasteiger partial charge in [-0.05, 0) is 49.9 Å². The van der Waals surface area contributed by atoms with Gasteiger partial charge in [-0.1, -0.05) is 0 Å². The fourth-order valence-electron chi connectivity index (χ4n) is 5.00. The Morgan fingerprint density at radius 1 is 1.24 bits per heavy atom. The van der Waals surface area contributed by atoms with Crippen molar-refractivity contribution in [3.63, 3.8) is 0 Å². The Labute approximate surface area is 103 Å². The molecule has 17 heavy (non-hydrogen) atoms. The van der Waals surface area contributed by atoms with Crippen LogP contribution in [0, 0.1) is 29.6 Å². The molecule has 4 unspecified atom stereocenters. The van der Waals surface area contributed by atoms with E-state index in [-0.39, 0.29) is 0 Å². The maximum atomic E-state index is 12.5. The van der Waals surface area contributed by atoms with Crippen LogP contribution in [0.1, 0.15) is 26.2 Å². The fourth-order valence-corrected chi connectivity index (χ4v) is 5.00. The molecule has 2 bridgehead atoms. The zero-order valence-corrected chi connectivity index (χ0v) is 10.6. The number of fused-ring (bicyclic) bond motifs is 5. The van der Waals surface area contributed by atoms with E-state index >= 15 is 0 Å². The lowest BCUT2D eigenvalue weighted by molar-refractivity contribution is -0.134. The van der Waals surface area contributed by atoms with E-state index in [1.165, 1.54) is 19.3 Å². The summed E-state index contributed by atoms with van der Waals surface area (Å²) >= 11 is 0. The van der Waals surface area contributed by atoms with Gasteiger partial charge in [-0.25, -0.2) is 0 Å². The lowest BCUT2D eigenvalue weighted by atomic mass is 10.0. The van der Waals surface area contributed by atoms with E-state index in [1.807, 2.05) is 0 Å². The van der Waals surface area contributed by atoms with Gasteiger partial charge in [-0.3, -0.25) is 4.79 Å². The molecule has 0 spiro atoms. The highest BCUT2D eigenvalue weighted by molar-refractivity contribution is 5.83. The highest BCUT2D eigenvalue weighted by atomic mass is 16.2. The van der Waals surface area contributed by atoms with Gasteiger partial charge in [0.1, 0.15) is 0 Å². The molecule has 1 heterocycles. The SMILES string of the molecule is C[C@@H]1CN(C(=O)C2C3C4CCC(C4)C23)CCN1. The third-order valence-corrected chi connectivity index (χ3v) is 5.70. The number of amides is 1. The van der Waals surface area contributed by atoms with Crippen molar-refractivity contribution in [2.24, 2.45) is 29.6 Å². The van der Waals surface area contributed by atoms with E-state index in [0.717, 1.165) is 43.3 Å². The van der Waals surface area contributed by atoms with Crippen molar-refractivity contribution in [2.45, 2.75) is 32.2 Å². The molecule has 1 aliphatic heterocycles. The average molecular weight is 234 g/mol. The van der Waals surface area contributed by atoms with Gasteiger partial charge >= 0.3 is 0 Å². The smallest absolute Gasteiger partial charge is 0.226 e. The molecule has 0 aromatic rings. The van der Waals surface area contributed by atoms with Crippen LogP contribution in [0.2, 0.25) is 0 Å². The molecule has 4 fully saturated rings. The van der Waals surface area contributed by atoms with Gasteiger partial charge in [0.2, 0.25) is 5.91 Å². The Morgan fingerprint density at radius 3 is 2.59 bits per heavy atom. The van der Waals surface area contributed by atoms with E-state index in [0.29, 0.717) is 17.9 Å². The summed E-state index contributed by atoms with van der Waals surface area (Å²) in [5.74, 6) is 4.35. The second-order valence-corrected chi connectivity index (χ2v) is 6.65. The first-order valence-corrected chi connectivity index (χ1v) is 7.28. The zero-order valence-electron chi connectivity index (χ0n) is 10.6. The van der Waals surface area contributed by atoms with Crippen molar-refractivity contribution >= 4 is 5.91 Å². The quantitative estimate of drug-likeness (QED) is 0.737. The summed E-state index contributed by atoms with van der Waals surface area (Å²) < 4.78 is 0. The van der Waals surface area contributed by atoms with Crippen molar-refractivity contribution in [1.82, 2.24) is 10.2 Å². The second kappa shape index (κ2) is 3.47. The molecule has 1 saturated heterocycles. The number of hydrogen-bond donors (Lipinski definition) is 1. The summed E-state index contributed by atoms with van der Waals surface area (Å²) in [5.41, 5.74) is 0. The molecule has 3 nitrogen and oxygen atoms in total. The Morgan fingerprint density at radius 2 is 1.94 bits per heavy atom. The maximum absolute atomic E-state index is 12.5. The molecule has 3 saturated carbocycles. The highest BCUT2D eigenvalue weighted by Gasteiger charge is 2.67. The van der Waals surface area contributed by atoms with Crippen LogP contribution in [0.3, 0.4) is 0 Å². The number of piperazine rings is 1. The molecule has 0 aromatic heterocycles. The van der Waals surface area contributed by atoms with Gasteiger partial charge in [-0.2, -0.15) is 0 Å². The fraction of sp³-hybridized carbons (Fsp3) is 0.929. The summed E-state index contributed by atoms with van der Waals surface area (Å²) in [6, 6.07) is 0.475. The van der Waals surface area contributed by atoms with Gasteiger partial charge in [0.25, 0.3) is 0 Å². The lowest BCUT2D eigenvalue weighted by Crippen LogP contribution is -2.52. The number of carbonyl (C=O) groups is 1. The monoisotopic (exact) mass is 234 g/mol. The van der Waals surface area contributed by atoms with E-state index in [2.05, 4.69) is 17.1 Å². The number of nitrogens with zero attached hydrogens (tertiary/aromatic N) is 1. The normalized spacial score (nSPS) is 51.5. The summed E-state index contributed by atoms with van der Waals surface area (Å²) in [6.07, 6.45) is 4.26. The summed E-state index contributed by atoms with van der Waals surface area (Å²) in [6.45, 7) is 5.00. The van der Waals surface area contributed by atoms with Crippen LogP contribution in [-0.4, -0.2) is 36.5 Å². The predicted octanol–water partition coefficient (Wildman–Crippen LogP) is 1.10. The molecule has 4 aliphatic rings. The van der Waals surface area contributed by atoms with Crippen LogP contribution in [0.15, 0.2) is 0 Å². The van der Waals surface area contributed by atoms with Crippen LogP contribution in [0.4, 0.5) is 0 Å². The first kappa shape index (κ1) is 10.4. The second-order valence-electron chi connectivity index (χ2n) is 6.65. The van der Waals surface area contributed by atoms with E-state index in [9.17, 15) is 4.79 Å². The number of carbonyl (C=O) groups excluding carboxylic acids is 1. The molecular weight excluding hydrogens is 212 g/mol. The van der Waals surface area contributed by atoms with Crippen LogP contribution in [0.5, 0.6) is 0 Å². The Kier molecular flexibility index (Phi) is 2.11. The maximum Gasteiger partial charge on any atom is 0.226 e. The van der Waals surface area contributed by atoms with Gasteiger partial charge in [-0.15, -0.1) is 0 Å². The van der Waals surface area contributed by atoms with Crippen molar-refractivity contribution in [2.75, 3.05) is 19.6 Å². The molecule has 0 aromatic carbocycles. The Balaban J connectivity index is 1.45. The van der Waals surface area contributed by atoms with E-state index in [4.69, 9.17) is 0 Å². The molecule has 5 atom stereocenters. The first-order valence-electron chi connectivity index (χ1n) is 7.28. The number of nitrogens with one attached hydrogen (secondary N) is 1. The first-order chi connectivity index (χ1) is 8.25. The largest absolute Gasteiger partial charge is 0.340 e. The molecule has 3 aliphatic carbocycles. The van der Waals surface area contributed by atoms with Crippen molar-refractivity contribution in [3.05, 3.63) is 0 Å². The molecule has 1 amide bonds. The van der Waals surface area contributed by atoms with Gasteiger partial charge in [0.15, 0.2) is 0 Å². The average Bonchev–Trinajstić information content (AvgIpc) is 2.76. The minimum Gasteiger partial charge on any atom is -0.340 e. The van der Waals surface area contributed by atoms with Crippen LogP contribution in [-0.2, 0) is 4.79 Å². The predicted molar refractivity (Wildman–Crippen MR) is 65.3 cm³/mol. The molecule has 0 radical (unpaired) electrons. The van der Waals surface area contributed by atoms with Crippen molar-refractivity contribution < 1.29 is 4.79 Å². The van der Waals surface area contributed by atoms with Crippen molar-refractivity contribution in [1.29, 1.82) is 0 Å². The van der Waals surface area contributed by atoms with Crippen LogP contribution < -0.4 is 5.32 Å². The molecule has 3 heteroatoms. The van der Waals surface area contributed by atoms with E-state index < -0.39 is 0 Å². The minimum absolute atomic E-state index is 0.437. The summed E-state index contributed by atoms with van der Waals surface area (Å²) in [4.78, 5) is 14.7. The van der Waals surface area contributed by atoms with Crippen LogP contribution in [0.25, 0.3) is 0 Å². The topological polar surface area (TPSA) is 32.3 Å². The molecular formula is C14H22N2O. The van der Waals surface area contributed by atoms with Gasteiger partial charge in [0, 0.05) is 31.6 Å². The molecule has 94 valence electrons. The van der Waals surface area contributed by atoms with Crippen LogP contribution >= 0.6 is 0 Å². The van der Waals surface area contributed by atoms with Crippen molar-refractivity contribution in [3.8, 4) is 0 Å². The Bertz CT molecular complexity index is 340. The number of hydrogen-bond acceptors (Lipinski definition) is 2. The Hall–Kier alpha value is -0.570. The molecule has 4 rings (SSSR count). The lowest BCUT2D eigenvalue weighted by Gasteiger charge is -2.32. The van der Waals surface area contributed by atoms with Gasteiger partial charge in [0.05, 0.1) is 0 Å². The standard InChI is InChI=1S/C14H22N2O/c1-8-7-16(5-4-15-8)14(17)13-11-9-2-3-10(6-9)12(11)13/h8-13,15H,2-7H2,1H3/t8-,9?,10?,11?,12?,13?/m1/s1. The summed E-state index contributed by atoms with van der Waals surface area (Å²) in [5, 5.41) is 3.41.